The van der Waals surface area contributed by atoms with Crippen LogP contribution < -0.4 is 10.5 Å². The molecule has 3 aromatic rings. The summed E-state index contributed by atoms with van der Waals surface area (Å²) in [6.07, 6.45) is 0. The van der Waals surface area contributed by atoms with Gasteiger partial charge in [0.1, 0.15) is 16.7 Å². The maximum atomic E-state index is 12.5. The minimum atomic E-state index is -0.837. The average molecular weight is 409 g/mol. The van der Waals surface area contributed by atoms with Crippen molar-refractivity contribution in [1.29, 1.82) is 5.26 Å². The van der Waals surface area contributed by atoms with Crippen molar-refractivity contribution in [3.63, 3.8) is 0 Å². The van der Waals surface area contributed by atoms with Crippen LogP contribution in [-0.4, -0.2) is 15.4 Å². The fraction of sp³-hybridized carbons (Fsp3) is 0.100. The molecule has 0 unspecified atom stereocenters. The van der Waals surface area contributed by atoms with Crippen LogP contribution in [0.3, 0.4) is 0 Å². The monoisotopic (exact) mass is 408 g/mol. The van der Waals surface area contributed by atoms with E-state index in [2.05, 4.69) is 0 Å². The molecule has 0 spiro atoms. The van der Waals surface area contributed by atoms with Crippen LogP contribution in [0, 0.1) is 21.4 Å². The average Bonchev–Trinajstić information content (AvgIpc) is 3.01. The van der Waals surface area contributed by atoms with E-state index in [9.17, 15) is 20.2 Å². The molecule has 1 aliphatic heterocycles. The highest BCUT2D eigenvalue weighted by atomic mass is 35.5. The zero-order valence-corrected chi connectivity index (χ0v) is 15.8. The number of aromatic nitrogens is 1. The summed E-state index contributed by atoms with van der Waals surface area (Å²) in [5.74, 6) is -0.905. The number of benzene rings is 2. The third-order valence-corrected chi connectivity index (χ3v) is 5.16. The molecule has 1 aromatic heterocycles. The highest BCUT2D eigenvalue weighted by Crippen LogP contribution is 2.48. The Kier molecular flexibility index (Phi) is 4.25. The first-order valence-corrected chi connectivity index (χ1v) is 8.88. The van der Waals surface area contributed by atoms with Gasteiger partial charge in [-0.2, -0.15) is 5.26 Å². The lowest BCUT2D eigenvalue weighted by molar-refractivity contribution is -0.384. The highest BCUT2D eigenvalue weighted by Gasteiger charge is 2.37. The molecule has 0 amide bonds. The summed E-state index contributed by atoms with van der Waals surface area (Å²) in [7, 11) is 0. The Balaban J connectivity index is 2.10. The van der Waals surface area contributed by atoms with Gasteiger partial charge in [0.25, 0.3) is 5.69 Å². The molecule has 0 aliphatic carbocycles. The maximum absolute atomic E-state index is 12.5. The van der Waals surface area contributed by atoms with Gasteiger partial charge in [0.15, 0.2) is 5.75 Å². The molecule has 1 aliphatic rings. The fourth-order valence-electron chi connectivity index (χ4n) is 3.67. The predicted octanol–water partition coefficient (Wildman–Crippen LogP) is 4.08. The Bertz CT molecular complexity index is 1290. The number of rotatable bonds is 2. The minimum absolute atomic E-state index is 0.0337. The molecule has 2 aromatic carbocycles. The van der Waals surface area contributed by atoms with Crippen LogP contribution in [0.15, 0.2) is 53.9 Å². The van der Waals surface area contributed by atoms with E-state index in [1.54, 1.807) is 30.3 Å². The van der Waals surface area contributed by atoms with E-state index >= 15 is 0 Å². The molecule has 1 atom stereocenters. The van der Waals surface area contributed by atoms with Gasteiger partial charge in [0.05, 0.1) is 22.1 Å². The molecule has 2 heterocycles. The summed E-state index contributed by atoms with van der Waals surface area (Å²) < 4.78 is 7.18. The van der Waals surface area contributed by atoms with Gasteiger partial charge in [0, 0.05) is 18.4 Å². The first kappa shape index (κ1) is 18.5. The third kappa shape index (κ3) is 2.71. The summed E-state index contributed by atoms with van der Waals surface area (Å²) in [6, 6.07) is 13.4. The molecular weight excluding hydrogens is 396 g/mol. The van der Waals surface area contributed by atoms with Crippen molar-refractivity contribution in [2.24, 2.45) is 5.73 Å². The number of carbonyl (C=O) groups excluding carboxylic acids is 1. The largest absolute Gasteiger partial charge is 0.438 e. The number of para-hydroxylation sites is 1. The number of allylic oxidation sites excluding steroid dienone is 1. The van der Waals surface area contributed by atoms with Crippen LogP contribution in [-0.2, 0) is 0 Å². The first-order valence-electron chi connectivity index (χ1n) is 8.50. The quantitative estimate of drug-likeness (QED) is 0.503. The molecule has 0 bridgehead atoms. The van der Waals surface area contributed by atoms with Crippen LogP contribution >= 0.6 is 11.6 Å². The molecule has 0 saturated heterocycles. The van der Waals surface area contributed by atoms with Crippen LogP contribution in [0.25, 0.3) is 10.9 Å². The van der Waals surface area contributed by atoms with Gasteiger partial charge in [-0.3, -0.25) is 19.5 Å². The molecule has 9 heteroatoms. The number of nitrogens with zero attached hydrogens (tertiary/aromatic N) is 3. The Labute approximate surface area is 169 Å². The van der Waals surface area contributed by atoms with Gasteiger partial charge in [-0.15, -0.1) is 0 Å². The lowest BCUT2D eigenvalue weighted by atomic mass is 9.86. The number of halogens is 1. The minimum Gasteiger partial charge on any atom is -0.438 e. The van der Waals surface area contributed by atoms with Crippen molar-refractivity contribution in [2.45, 2.75) is 12.8 Å². The number of carbonyl (C=O) groups is 1. The SMILES string of the molecule is CC(=O)n1c2c(c3ccccc31)OC(N)=C(C#N)[C@@H]2c1ccc(Cl)c([N+](=O)[O-])c1. The topological polar surface area (TPSA) is 124 Å². The Morgan fingerprint density at radius 3 is 2.72 bits per heavy atom. The van der Waals surface area contributed by atoms with Crippen LogP contribution in [0.5, 0.6) is 5.75 Å². The van der Waals surface area contributed by atoms with Gasteiger partial charge in [-0.25, -0.2) is 0 Å². The summed E-state index contributed by atoms with van der Waals surface area (Å²) >= 11 is 5.95. The van der Waals surface area contributed by atoms with E-state index in [1.807, 2.05) is 6.07 Å². The van der Waals surface area contributed by atoms with Crippen molar-refractivity contribution in [2.75, 3.05) is 0 Å². The molecule has 29 heavy (non-hydrogen) atoms. The fourth-order valence-corrected chi connectivity index (χ4v) is 3.86. The number of nitrogens with two attached hydrogens (primary N) is 1. The number of nitro benzene ring substituents is 1. The van der Waals surface area contributed by atoms with E-state index in [1.165, 1.54) is 23.6 Å². The molecule has 0 radical (unpaired) electrons. The summed E-state index contributed by atoms with van der Waals surface area (Å²) in [6.45, 7) is 1.39. The van der Waals surface area contributed by atoms with Crippen molar-refractivity contribution < 1.29 is 14.5 Å². The van der Waals surface area contributed by atoms with E-state index in [0.29, 0.717) is 27.9 Å². The summed E-state index contributed by atoms with van der Waals surface area (Å²) in [4.78, 5) is 23.3. The van der Waals surface area contributed by atoms with Gasteiger partial charge in [0.2, 0.25) is 11.8 Å². The van der Waals surface area contributed by atoms with Crippen molar-refractivity contribution in [3.8, 4) is 11.8 Å². The number of nitro groups is 1. The molecule has 0 fully saturated rings. The Morgan fingerprint density at radius 2 is 2.07 bits per heavy atom. The zero-order valence-electron chi connectivity index (χ0n) is 15.0. The molecule has 0 saturated carbocycles. The number of fused-ring (bicyclic) bond motifs is 3. The van der Waals surface area contributed by atoms with Gasteiger partial charge >= 0.3 is 0 Å². The van der Waals surface area contributed by atoms with Crippen LogP contribution in [0.2, 0.25) is 5.02 Å². The molecular formula is C20H13ClN4O4. The van der Waals surface area contributed by atoms with Gasteiger partial charge in [-0.1, -0.05) is 29.8 Å². The Hall–Kier alpha value is -3.83. The zero-order chi connectivity index (χ0) is 20.9. The number of nitriles is 1. The summed E-state index contributed by atoms with van der Waals surface area (Å²) in [5, 5.41) is 21.7. The second-order valence-corrected chi connectivity index (χ2v) is 6.89. The number of ether oxygens (including phenoxy) is 1. The van der Waals surface area contributed by atoms with Gasteiger partial charge in [-0.05, 0) is 23.8 Å². The Morgan fingerprint density at radius 1 is 1.34 bits per heavy atom. The standard InChI is InChI=1S/C20H13ClN4O4/c1-10(26)24-15-5-3-2-4-12(15)19-18(24)17(13(9-22)20(23)29-19)11-6-7-14(21)16(8-11)25(27)28/h2-8,17H,23H2,1H3/t17-/m0/s1. The van der Waals surface area contributed by atoms with Crippen molar-refractivity contribution in [1.82, 2.24) is 4.57 Å². The molecule has 2 N–H and O–H groups in total. The lowest BCUT2D eigenvalue weighted by Gasteiger charge is -2.25. The molecule has 8 nitrogen and oxygen atoms in total. The smallest absolute Gasteiger partial charge is 0.288 e. The third-order valence-electron chi connectivity index (χ3n) is 4.84. The van der Waals surface area contributed by atoms with E-state index < -0.39 is 10.8 Å². The van der Waals surface area contributed by atoms with Crippen LogP contribution in [0.4, 0.5) is 5.69 Å². The van der Waals surface area contributed by atoms with E-state index in [4.69, 9.17) is 22.1 Å². The van der Waals surface area contributed by atoms with Gasteiger partial charge < -0.3 is 10.5 Å². The molecule has 4 rings (SSSR count). The second kappa shape index (κ2) is 6.65. The summed E-state index contributed by atoms with van der Waals surface area (Å²) in [5.41, 5.74) is 7.14. The lowest BCUT2D eigenvalue weighted by Crippen LogP contribution is -2.24. The van der Waals surface area contributed by atoms with Crippen LogP contribution in [0.1, 0.15) is 28.9 Å². The molecule has 144 valence electrons. The number of hydrogen-bond donors (Lipinski definition) is 1. The first-order chi connectivity index (χ1) is 13.8. The second-order valence-electron chi connectivity index (χ2n) is 6.48. The van der Waals surface area contributed by atoms with E-state index in [-0.39, 0.29) is 28.1 Å². The van der Waals surface area contributed by atoms with E-state index in [0.717, 1.165) is 0 Å². The highest BCUT2D eigenvalue weighted by molar-refractivity contribution is 6.32. The van der Waals surface area contributed by atoms with Crippen molar-refractivity contribution in [3.05, 3.63) is 80.3 Å². The maximum Gasteiger partial charge on any atom is 0.288 e. The number of hydrogen-bond acceptors (Lipinski definition) is 6. The van der Waals surface area contributed by atoms with Crippen molar-refractivity contribution >= 4 is 34.1 Å². The normalized spacial score (nSPS) is 15.6. The predicted molar refractivity (Wildman–Crippen MR) is 106 cm³/mol.